The molecule has 1 saturated heterocycles. The second kappa shape index (κ2) is 10.2. The highest BCUT2D eigenvalue weighted by Crippen LogP contribution is 2.13. The van der Waals surface area contributed by atoms with Crippen LogP contribution in [0.1, 0.15) is 31.2 Å². The van der Waals surface area contributed by atoms with E-state index >= 15 is 0 Å². The molecule has 1 aromatic carbocycles. The number of hydrogen-bond acceptors (Lipinski definition) is 5. The van der Waals surface area contributed by atoms with E-state index in [9.17, 15) is 8.42 Å². The van der Waals surface area contributed by atoms with Crippen LogP contribution >= 0.6 is 0 Å². The van der Waals surface area contributed by atoms with Gasteiger partial charge in [-0.15, -0.1) is 5.92 Å². The Bertz CT molecular complexity index is 754. The van der Waals surface area contributed by atoms with Crippen LogP contribution in [-0.2, 0) is 23.8 Å². The topological polar surface area (TPSA) is 61.8 Å². The highest BCUT2D eigenvalue weighted by Gasteiger charge is 2.14. The van der Waals surface area contributed by atoms with Crippen molar-refractivity contribution in [1.82, 2.24) is 0 Å². The molecule has 0 amide bonds. The van der Waals surface area contributed by atoms with Crippen molar-refractivity contribution in [3.63, 3.8) is 0 Å². The van der Waals surface area contributed by atoms with Crippen LogP contribution in [0.3, 0.4) is 0 Å². The summed E-state index contributed by atoms with van der Waals surface area (Å²) < 4.78 is 39.4. The maximum absolute atomic E-state index is 11.9. The van der Waals surface area contributed by atoms with Crippen LogP contribution in [-0.4, -0.2) is 34.5 Å². The Morgan fingerprint density at radius 2 is 1.76 bits per heavy atom. The Morgan fingerprint density at radius 3 is 2.48 bits per heavy atom. The fraction of sp³-hybridized carbons (Fsp3) is 0.474. The monoisotopic (exact) mass is 362 g/mol. The SMILES string of the molecule is Cc1ccc(S(=O)(=O)OCC#CCC#CCCCC2OCCO2)cc1. The molecule has 0 bridgehead atoms. The molecule has 1 aliphatic rings. The van der Waals surface area contributed by atoms with E-state index in [2.05, 4.69) is 23.7 Å². The molecule has 2 rings (SSSR count). The Kier molecular flexibility index (Phi) is 7.97. The molecule has 1 fully saturated rings. The second-order valence-electron chi connectivity index (χ2n) is 5.48. The van der Waals surface area contributed by atoms with Gasteiger partial charge in [0.2, 0.25) is 0 Å². The predicted octanol–water partition coefficient (Wildman–Crippen LogP) is 2.64. The Labute approximate surface area is 149 Å². The third-order valence-corrected chi connectivity index (χ3v) is 4.73. The molecule has 1 heterocycles. The summed E-state index contributed by atoms with van der Waals surface area (Å²) in [4.78, 5) is 0.134. The van der Waals surface area contributed by atoms with E-state index < -0.39 is 10.1 Å². The first kappa shape index (κ1) is 19.5. The maximum atomic E-state index is 11.9. The maximum Gasteiger partial charge on any atom is 0.297 e. The van der Waals surface area contributed by atoms with Gasteiger partial charge in [0.05, 0.1) is 24.5 Å². The molecule has 6 heteroatoms. The van der Waals surface area contributed by atoms with Gasteiger partial charge in [0.1, 0.15) is 6.61 Å². The highest BCUT2D eigenvalue weighted by molar-refractivity contribution is 7.86. The summed E-state index contributed by atoms with van der Waals surface area (Å²) in [5.74, 6) is 11.4. The lowest BCUT2D eigenvalue weighted by atomic mass is 10.2. The molecule has 0 unspecified atom stereocenters. The number of aryl methyl sites for hydroxylation is 1. The average molecular weight is 362 g/mol. The number of benzene rings is 1. The first-order valence-electron chi connectivity index (χ1n) is 8.19. The highest BCUT2D eigenvalue weighted by atomic mass is 32.2. The van der Waals surface area contributed by atoms with Crippen molar-refractivity contribution in [2.24, 2.45) is 0 Å². The summed E-state index contributed by atoms with van der Waals surface area (Å²) in [5.41, 5.74) is 0.987. The van der Waals surface area contributed by atoms with Crippen molar-refractivity contribution in [2.45, 2.75) is 43.8 Å². The van der Waals surface area contributed by atoms with Gasteiger partial charge < -0.3 is 9.47 Å². The predicted molar refractivity (Wildman–Crippen MR) is 94.0 cm³/mol. The van der Waals surface area contributed by atoms with Crippen molar-refractivity contribution in [3.05, 3.63) is 29.8 Å². The lowest BCUT2D eigenvalue weighted by Crippen LogP contribution is -2.06. The molecule has 5 nitrogen and oxygen atoms in total. The van der Waals surface area contributed by atoms with Gasteiger partial charge >= 0.3 is 0 Å². The third-order valence-electron chi connectivity index (χ3n) is 3.46. The van der Waals surface area contributed by atoms with Crippen molar-refractivity contribution >= 4 is 10.1 Å². The van der Waals surface area contributed by atoms with Gasteiger partial charge in [-0.05, 0) is 31.9 Å². The zero-order chi connectivity index (χ0) is 18.0. The molecule has 25 heavy (non-hydrogen) atoms. The van der Waals surface area contributed by atoms with Crippen LogP contribution in [0.2, 0.25) is 0 Å². The smallest absolute Gasteiger partial charge is 0.297 e. The van der Waals surface area contributed by atoms with Gasteiger partial charge in [-0.3, -0.25) is 4.18 Å². The van der Waals surface area contributed by atoms with Gasteiger partial charge in [0, 0.05) is 6.42 Å². The molecule has 1 aromatic rings. The molecular formula is C19H22O5S. The van der Waals surface area contributed by atoms with E-state index in [1.807, 2.05) is 6.92 Å². The average Bonchev–Trinajstić information content (AvgIpc) is 3.10. The van der Waals surface area contributed by atoms with Crippen molar-refractivity contribution in [1.29, 1.82) is 0 Å². The van der Waals surface area contributed by atoms with Gasteiger partial charge in [-0.25, -0.2) is 0 Å². The molecule has 0 spiro atoms. The fourth-order valence-electron chi connectivity index (χ4n) is 2.12. The summed E-state index contributed by atoms with van der Waals surface area (Å²) in [6.07, 6.45) is 2.86. The van der Waals surface area contributed by atoms with Crippen LogP contribution in [0, 0.1) is 30.6 Å². The van der Waals surface area contributed by atoms with E-state index in [1.54, 1.807) is 12.1 Å². The van der Waals surface area contributed by atoms with Crippen molar-refractivity contribution in [3.8, 4) is 23.7 Å². The third kappa shape index (κ3) is 7.29. The van der Waals surface area contributed by atoms with E-state index in [1.165, 1.54) is 12.1 Å². The van der Waals surface area contributed by atoms with Gasteiger partial charge in [-0.1, -0.05) is 35.5 Å². The van der Waals surface area contributed by atoms with Crippen LogP contribution in [0.5, 0.6) is 0 Å². The Balaban J connectivity index is 1.62. The molecule has 0 atom stereocenters. The van der Waals surface area contributed by atoms with Crippen LogP contribution in [0.4, 0.5) is 0 Å². The van der Waals surface area contributed by atoms with E-state index in [-0.39, 0.29) is 17.8 Å². The van der Waals surface area contributed by atoms with Crippen molar-refractivity contribution in [2.75, 3.05) is 19.8 Å². The lowest BCUT2D eigenvalue weighted by Gasteiger charge is -2.05. The summed E-state index contributed by atoms with van der Waals surface area (Å²) in [7, 11) is -3.75. The summed E-state index contributed by atoms with van der Waals surface area (Å²) >= 11 is 0. The zero-order valence-corrected chi connectivity index (χ0v) is 15.1. The lowest BCUT2D eigenvalue weighted by molar-refractivity contribution is -0.0474. The molecule has 0 N–H and O–H groups in total. The van der Waals surface area contributed by atoms with Gasteiger partial charge in [0.25, 0.3) is 10.1 Å². The molecule has 0 radical (unpaired) electrons. The first-order valence-corrected chi connectivity index (χ1v) is 9.59. The summed E-state index contributed by atoms with van der Waals surface area (Å²) in [5, 5.41) is 0. The minimum atomic E-state index is -3.75. The quantitative estimate of drug-likeness (QED) is 0.442. The van der Waals surface area contributed by atoms with Crippen LogP contribution in [0.15, 0.2) is 29.2 Å². The van der Waals surface area contributed by atoms with Crippen LogP contribution in [0.25, 0.3) is 0 Å². The normalized spacial score (nSPS) is 14.4. The zero-order valence-electron chi connectivity index (χ0n) is 14.3. The largest absolute Gasteiger partial charge is 0.350 e. The molecule has 0 aromatic heterocycles. The molecular weight excluding hydrogens is 340 g/mol. The minimum Gasteiger partial charge on any atom is -0.350 e. The summed E-state index contributed by atoms with van der Waals surface area (Å²) in [6.45, 7) is 3.07. The van der Waals surface area contributed by atoms with E-state index in [0.717, 1.165) is 24.8 Å². The molecule has 0 aliphatic carbocycles. The molecule has 0 saturated carbocycles. The van der Waals surface area contributed by atoms with Crippen LogP contribution < -0.4 is 0 Å². The number of unbranched alkanes of at least 4 members (excludes halogenated alkanes) is 1. The Morgan fingerprint density at radius 1 is 1.08 bits per heavy atom. The Hall–Kier alpha value is -1.83. The molecule has 1 aliphatic heterocycles. The van der Waals surface area contributed by atoms with Gasteiger partial charge in [-0.2, -0.15) is 8.42 Å². The van der Waals surface area contributed by atoms with E-state index in [4.69, 9.17) is 13.7 Å². The molecule has 134 valence electrons. The van der Waals surface area contributed by atoms with Crippen molar-refractivity contribution < 1.29 is 22.1 Å². The van der Waals surface area contributed by atoms with Gasteiger partial charge in [0.15, 0.2) is 6.29 Å². The summed E-state index contributed by atoms with van der Waals surface area (Å²) in [6, 6.07) is 6.49. The second-order valence-corrected chi connectivity index (χ2v) is 7.09. The number of rotatable bonds is 6. The fourth-order valence-corrected chi connectivity index (χ4v) is 2.94. The first-order chi connectivity index (χ1) is 12.1. The standard InChI is InChI=1S/C19H22O5S/c1-17-10-12-18(13-11-17)25(20,21)24-14-8-6-4-2-3-5-7-9-19-22-15-16-23-19/h10-13,19H,4-5,7,9,14-16H2,1H3. The number of hydrogen-bond donors (Lipinski definition) is 0. The van der Waals surface area contributed by atoms with E-state index in [0.29, 0.717) is 19.6 Å². The number of ether oxygens (including phenoxy) is 2. The minimum absolute atomic E-state index is 0.0748.